The molecule has 10 heteroatoms. The van der Waals surface area contributed by atoms with Gasteiger partial charge < -0.3 is 16.0 Å². The molecule has 0 saturated carbocycles. The van der Waals surface area contributed by atoms with Crippen LogP contribution >= 0.6 is 23.2 Å². The van der Waals surface area contributed by atoms with E-state index in [0.717, 1.165) is 0 Å². The zero-order valence-corrected chi connectivity index (χ0v) is 15.1. The summed E-state index contributed by atoms with van der Waals surface area (Å²) in [5.41, 5.74) is 0.338. The molecule has 0 aliphatic carbocycles. The van der Waals surface area contributed by atoms with Gasteiger partial charge in [-0.05, 0) is 31.5 Å². The highest BCUT2D eigenvalue weighted by Crippen LogP contribution is 2.25. The van der Waals surface area contributed by atoms with Crippen molar-refractivity contribution in [3.63, 3.8) is 0 Å². The van der Waals surface area contributed by atoms with E-state index in [9.17, 15) is 18.0 Å². The number of anilines is 1. The van der Waals surface area contributed by atoms with E-state index in [1.54, 1.807) is 12.1 Å². The van der Waals surface area contributed by atoms with Crippen LogP contribution in [0.5, 0.6) is 0 Å². The van der Waals surface area contributed by atoms with Crippen LogP contribution in [0.3, 0.4) is 0 Å². The number of hydrogen-bond acceptors (Lipinski definition) is 4. The second-order valence-electron chi connectivity index (χ2n) is 5.55. The smallest absolute Gasteiger partial charge is 0.315 e. The van der Waals surface area contributed by atoms with Crippen molar-refractivity contribution in [3.05, 3.63) is 28.2 Å². The number of nitrogens with one attached hydrogen (secondary N) is 3. The van der Waals surface area contributed by atoms with Crippen LogP contribution in [0.1, 0.15) is 13.3 Å². The Labute approximate surface area is 150 Å². The second-order valence-corrected chi connectivity index (χ2v) is 8.63. The van der Waals surface area contributed by atoms with Gasteiger partial charge >= 0.3 is 6.03 Å². The molecule has 1 unspecified atom stereocenters. The third kappa shape index (κ3) is 5.25. The predicted octanol–water partition coefficient (Wildman–Crippen LogP) is 1.81. The Morgan fingerprint density at radius 1 is 1.29 bits per heavy atom. The lowest BCUT2D eigenvalue weighted by molar-refractivity contribution is -0.117. The van der Waals surface area contributed by atoms with E-state index in [4.69, 9.17) is 23.2 Å². The summed E-state index contributed by atoms with van der Waals surface area (Å²) < 4.78 is 22.7. The van der Waals surface area contributed by atoms with Gasteiger partial charge in [-0.15, -0.1) is 0 Å². The van der Waals surface area contributed by atoms with Crippen LogP contribution in [0.25, 0.3) is 0 Å². The summed E-state index contributed by atoms with van der Waals surface area (Å²) in [6, 6.07) is 2.75. The van der Waals surface area contributed by atoms with Crippen molar-refractivity contribution in [1.82, 2.24) is 10.6 Å². The minimum absolute atomic E-state index is 0.0568. The van der Waals surface area contributed by atoms with Gasteiger partial charge in [0.05, 0.1) is 22.2 Å². The summed E-state index contributed by atoms with van der Waals surface area (Å²) in [5.74, 6) is -0.506. The number of carbonyl (C=O) groups excluding carboxylic acids is 2. The van der Waals surface area contributed by atoms with E-state index in [2.05, 4.69) is 16.0 Å². The van der Waals surface area contributed by atoms with Gasteiger partial charge in [-0.3, -0.25) is 4.79 Å². The average molecular weight is 394 g/mol. The van der Waals surface area contributed by atoms with Gasteiger partial charge in [0.1, 0.15) is 6.04 Å². The molecule has 1 saturated heterocycles. The predicted molar refractivity (Wildman–Crippen MR) is 93.3 cm³/mol. The van der Waals surface area contributed by atoms with Crippen molar-refractivity contribution in [2.24, 2.45) is 0 Å². The molecule has 1 aromatic carbocycles. The molecule has 2 atom stereocenters. The van der Waals surface area contributed by atoms with Gasteiger partial charge in [-0.25, -0.2) is 13.2 Å². The first kappa shape index (κ1) is 18.8. The summed E-state index contributed by atoms with van der Waals surface area (Å²) in [4.78, 5) is 24.0. The Morgan fingerprint density at radius 3 is 2.62 bits per heavy atom. The van der Waals surface area contributed by atoms with E-state index >= 15 is 0 Å². The maximum absolute atomic E-state index is 12.1. The van der Waals surface area contributed by atoms with Crippen molar-refractivity contribution in [1.29, 1.82) is 0 Å². The van der Waals surface area contributed by atoms with E-state index in [-0.39, 0.29) is 11.5 Å². The van der Waals surface area contributed by atoms with Crippen molar-refractivity contribution in [2.75, 3.05) is 16.8 Å². The van der Waals surface area contributed by atoms with Crippen LogP contribution in [-0.4, -0.2) is 43.9 Å². The van der Waals surface area contributed by atoms with Crippen molar-refractivity contribution in [2.45, 2.75) is 25.4 Å². The van der Waals surface area contributed by atoms with E-state index in [1.165, 1.54) is 13.0 Å². The molecule has 24 heavy (non-hydrogen) atoms. The normalized spacial score (nSPS) is 20.2. The first-order chi connectivity index (χ1) is 11.2. The van der Waals surface area contributed by atoms with E-state index in [0.29, 0.717) is 22.2 Å². The molecule has 132 valence electrons. The van der Waals surface area contributed by atoms with Crippen molar-refractivity contribution >= 4 is 50.7 Å². The number of rotatable bonds is 4. The van der Waals surface area contributed by atoms with Gasteiger partial charge in [0.25, 0.3) is 0 Å². The minimum Gasteiger partial charge on any atom is -0.334 e. The third-order valence-electron chi connectivity index (χ3n) is 3.49. The number of carbonyl (C=O) groups is 2. The number of benzene rings is 1. The van der Waals surface area contributed by atoms with E-state index in [1.807, 2.05) is 0 Å². The summed E-state index contributed by atoms with van der Waals surface area (Å²) in [6.45, 7) is 1.50. The molecule has 3 N–H and O–H groups in total. The molecule has 2 rings (SSSR count). The maximum Gasteiger partial charge on any atom is 0.315 e. The van der Waals surface area contributed by atoms with Gasteiger partial charge in [0, 0.05) is 11.1 Å². The van der Waals surface area contributed by atoms with Crippen LogP contribution in [0.2, 0.25) is 10.0 Å². The summed E-state index contributed by atoms with van der Waals surface area (Å²) in [7, 11) is -3.08. The first-order valence-electron chi connectivity index (χ1n) is 7.19. The molecule has 1 aromatic rings. The average Bonchev–Trinajstić information content (AvgIpc) is 2.81. The second kappa shape index (κ2) is 7.58. The lowest BCUT2D eigenvalue weighted by Gasteiger charge is -2.17. The molecule has 0 spiro atoms. The fraction of sp³-hybridized carbons (Fsp3) is 0.429. The molecular formula is C14H17Cl2N3O4S. The molecule has 1 aliphatic rings. The Morgan fingerprint density at radius 2 is 2.00 bits per heavy atom. The molecule has 0 bridgehead atoms. The SMILES string of the molecule is C[C@H](NC(=O)NC1CCS(=O)(=O)C1)C(=O)Nc1cc(Cl)ccc1Cl. The van der Waals surface area contributed by atoms with Crippen molar-refractivity contribution in [3.8, 4) is 0 Å². The molecule has 1 aliphatic heterocycles. The van der Waals surface area contributed by atoms with E-state index < -0.39 is 33.9 Å². The standard InChI is InChI=1S/C14H17Cl2N3O4S/c1-8(13(20)19-12-6-9(15)2-3-11(12)16)17-14(21)18-10-4-5-24(22,23)7-10/h2-3,6,8,10H,4-5,7H2,1H3,(H,19,20)(H2,17,18,21)/t8-,10?/m0/s1. The Hall–Kier alpha value is -1.51. The molecule has 1 heterocycles. The zero-order valence-electron chi connectivity index (χ0n) is 12.8. The molecule has 0 aromatic heterocycles. The fourth-order valence-corrected chi connectivity index (χ4v) is 4.24. The highest BCUT2D eigenvalue weighted by atomic mass is 35.5. The molecule has 3 amide bonds. The van der Waals surface area contributed by atoms with Gasteiger partial charge in [-0.2, -0.15) is 0 Å². The highest BCUT2D eigenvalue weighted by Gasteiger charge is 2.29. The lowest BCUT2D eigenvalue weighted by Crippen LogP contribution is -2.49. The zero-order chi connectivity index (χ0) is 17.9. The Bertz CT molecular complexity index is 754. The molecule has 7 nitrogen and oxygen atoms in total. The van der Waals surface area contributed by atoms with Crippen LogP contribution in [0.4, 0.5) is 10.5 Å². The Kier molecular flexibility index (Phi) is 5.95. The highest BCUT2D eigenvalue weighted by molar-refractivity contribution is 7.91. The summed E-state index contributed by atoms with van der Waals surface area (Å²) >= 11 is 11.8. The summed E-state index contributed by atoms with van der Waals surface area (Å²) in [5, 5.41) is 8.31. The number of amides is 3. The monoisotopic (exact) mass is 393 g/mol. The third-order valence-corrected chi connectivity index (χ3v) is 5.83. The quantitative estimate of drug-likeness (QED) is 0.725. The van der Waals surface area contributed by atoms with Crippen LogP contribution < -0.4 is 16.0 Å². The van der Waals surface area contributed by atoms with Crippen LogP contribution in [0, 0.1) is 0 Å². The van der Waals surface area contributed by atoms with Crippen LogP contribution in [0.15, 0.2) is 18.2 Å². The first-order valence-corrected chi connectivity index (χ1v) is 9.77. The number of hydrogen-bond donors (Lipinski definition) is 3. The largest absolute Gasteiger partial charge is 0.334 e. The molecule has 1 fully saturated rings. The van der Waals surface area contributed by atoms with Gasteiger partial charge in [-0.1, -0.05) is 23.2 Å². The topological polar surface area (TPSA) is 104 Å². The van der Waals surface area contributed by atoms with Crippen LogP contribution in [-0.2, 0) is 14.6 Å². The maximum atomic E-state index is 12.1. The number of urea groups is 1. The fourth-order valence-electron chi connectivity index (χ4n) is 2.23. The number of halogens is 2. The number of sulfone groups is 1. The van der Waals surface area contributed by atoms with Gasteiger partial charge in [0.15, 0.2) is 9.84 Å². The summed E-state index contributed by atoms with van der Waals surface area (Å²) in [6.07, 6.45) is 0.369. The molecule has 0 radical (unpaired) electrons. The Balaban J connectivity index is 1.87. The lowest BCUT2D eigenvalue weighted by atomic mass is 10.2. The molecular weight excluding hydrogens is 377 g/mol. The minimum atomic E-state index is -3.08. The van der Waals surface area contributed by atoms with Crippen molar-refractivity contribution < 1.29 is 18.0 Å². The van der Waals surface area contributed by atoms with Gasteiger partial charge in [0.2, 0.25) is 5.91 Å².